The zero-order chi connectivity index (χ0) is 16.0. The highest BCUT2D eigenvalue weighted by Crippen LogP contribution is 2.32. The van der Waals surface area contributed by atoms with Crippen molar-refractivity contribution in [1.82, 2.24) is 19.7 Å². The van der Waals surface area contributed by atoms with E-state index in [1.807, 2.05) is 7.05 Å². The van der Waals surface area contributed by atoms with E-state index in [1.165, 1.54) is 0 Å². The van der Waals surface area contributed by atoms with Crippen molar-refractivity contribution in [3.05, 3.63) is 6.20 Å². The lowest BCUT2D eigenvalue weighted by atomic mass is 9.93. The average molecular weight is 318 g/mol. The van der Waals surface area contributed by atoms with Crippen LogP contribution in [0.15, 0.2) is 6.20 Å². The first-order valence-corrected chi connectivity index (χ1v) is 8.02. The summed E-state index contributed by atoms with van der Waals surface area (Å²) in [7, 11) is 1.86. The predicted molar refractivity (Wildman–Crippen MR) is 86.3 cm³/mol. The SMILES string of the molecule is C[C@@H]1CN(c2nc(N)c3cnn(C)c3n2)C[C@]2(CCCOC2)O1. The molecule has 0 radical (unpaired) electrons. The normalized spacial score (nSPS) is 28.6. The summed E-state index contributed by atoms with van der Waals surface area (Å²) < 4.78 is 13.6. The Balaban J connectivity index is 1.70. The molecular weight excluding hydrogens is 296 g/mol. The zero-order valence-corrected chi connectivity index (χ0v) is 13.5. The van der Waals surface area contributed by atoms with Crippen molar-refractivity contribution in [2.24, 2.45) is 7.05 Å². The minimum absolute atomic E-state index is 0.0949. The first kappa shape index (κ1) is 14.6. The van der Waals surface area contributed by atoms with Crippen molar-refractivity contribution in [2.75, 3.05) is 36.9 Å². The molecule has 2 aromatic rings. The third-order valence-corrected chi connectivity index (χ3v) is 4.59. The number of ether oxygens (including phenoxy) is 2. The highest BCUT2D eigenvalue weighted by molar-refractivity contribution is 5.86. The molecule has 0 aliphatic carbocycles. The third kappa shape index (κ3) is 2.51. The van der Waals surface area contributed by atoms with Gasteiger partial charge in [0.15, 0.2) is 5.65 Å². The van der Waals surface area contributed by atoms with E-state index in [0.717, 1.165) is 43.6 Å². The molecule has 1 spiro atoms. The number of aryl methyl sites for hydroxylation is 1. The van der Waals surface area contributed by atoms with Crippen molar-refractivity contribution >= 4 is 22.8 Å². The van der Waals surface area contributed by atoms with E-state index in [9.17, 15) is 0 Å². The molecular formula is C15H22N6O2. The molecule has 2 atom stereocenters. The van der Waals surface area contributed by atoms with Gasteiger partial charge in [-0.1, -0.05) is 0 Å². The van der Waals surface area contributed by atoms with Gasteiger partial charge in [-0.2, -0.15) is 15.1 Å². The molecule has 8 heteroatoms. The number of hydrogen-bond donors (Lipinski definition) is 1. The number of morpholine rings is 1. The highest BCUT2D eigenvalue weighted by Gasteiger charge is 2.42. The van der Waals surface area contributed by atoms with Crippen molar-refractivity contribution in [3.63, 3.8) is 0 Å². The summed E-state index contributed by atoms with van der Waals surface area (Å²) in [6.07, 6.45) is 3.81. The van der Waals surface area contributed by atoms with Crippen LogP contribution in [0.4, 0.5) is 11.8 Å². The molecule has 2 saturated heterocycles. The van der Waals surface area contributed by atoms with E-state index in [4.69, 9.17) is 15.2 Å². The molecule has 0 saturated carbocycles. The minimum Gasteiger partial charge on any atom is -0.383 e. The van der Waals surface area contributed by atoms with Crippen molar-refractivity contribution in [1.29, 1.82) is 0 Å². The maximum Gasteiger partial charge on any atom is 0.229 e. The van der Waals surface area contributed by atoms with Crippen LogP contribution in [0.3, 0.4) is 0 Å². The maximum absolute atomic E-state index is 6.22. The van der Waals surface area contributed by atoms with Crippen LogP contribution in [-0.2, 0) is 16.5 Å². The van der Waals surface area contributed by atoms with Gasteiger partial charge in [-0.3, -0.25) is 4.68 Å². The Labute approximate surface area is 134 Å². The molecule has 4 rings (SSSR count). The number of nitrogens with zero attached hydrogens (tertiary/aromatic N) is 5. The molecule has 124 valence electrons. The van der Waals surface area contributed by atoms with Gasteiger partial charge in [-0.15, -0.1) is 0 Å². The van der Waals surface area contributed by atoms with Crippen molar-refractivity contribution < 1.29 is 9.47 Å². The predicted octanol–water partition coefficient (Wildman–Crippen LogP) is 0.720. The van der Waals surface area contributed by atoms with E-state index < -0.39 is 0 Å². The summed E-state index contributed by atoms with van der Waals surface area (Å²) in [5, 5.41) is 5.00. The molecule has 2 N–H and O–H groups in total. The fourth-order valence-electron chi connectivity index (χ4n) is 3.59. The van der Waals surface area contributed by atoms with Crippen LogP contribution in [0.1, 0.15) is 19.8 Å². The summed E-state index contributed by atoms with van der Waals surface area (Å²) >= 11 is 0. The largest absolute Gasteiger partial charge is 0.383 e. The number of aromatic nitrogens is 4. The van der Waals surface area contributed by atoms with E-state index in [0.29, 0.717) is 18.4 Å². The Morgan fingerprint density at radius 3 is 3.04 bits per heavy atom. The second-order valence-corrected chi connectivity index (χ2v) is 6.56. The maximum atomic E-state index is 6.22. The molecule has 0 amide bonds. The number of anilines is 2. The molecule has 4 heterocycles. The molecule has 0 bridgehead atoms. The van der Waals surface area contributed by atoms with Crippen LogP contribution < -0.4 is 10.6 Å². The van der Waals surface area contributed by atoms with Crippen molar-refractivity contribution in [2.45, 2.75) is 31.5 Å². The second kappa shape index (κ2) is 5.31. The fourth-order valence-corrected chi connectivity index (χ4v) is 3.59. The van der Waals surface area contributed by atoms with Gasteiger partial charge in [0.2, 0.25) is 5.95 Å². The molecule has 2 aliphatic rings. The molecule has 0 aromatic carbocycles. The first-order chi connectivity index (χ1) is 11.1. The van der Waals surface area contributed by atoms with Crippen molar-refractivity contribution in [3.8, 4) is 0 Å². The number of rotatable bonds is 1. The van der Waals surface area contributed by atoms with Crippen LogP contribution in [0.25, 0.3) is 11.0 Å². The van der Waals surface area contributed by atoms with Crippen LogP contribution in [0.2, 0.25) is 0 Å². The lowest BCUT2D eigenvalue weighted by Crippen LogP contribution is -2.59. The monoisotopic (exact) mass is 318 g/mol. The van der Waals surface area contributed by atoms with Gasteiger partial charge in [-0.05, 0) is 19.8 Å². The van der Waals surface area contributed by atoms with E-state index in [1.54, 1.807) is 10.9 Å². The minimum atomic E-state index is -0.268. The van der Waals surface area contributed by atoms with Crippen LogP contribution in [-0.4, -0.2) is 57.8 Å². The second-order valence-electron chi connectivity index (χ2n) is 6.56. The molecule has 2 aliphatic heterocycles. The average Bonchev–Trinajstić information content (AvgIpc) is 2.89. The number of nitrogen functional groups attached to an aromatic ring is 1. The summed E-state index contributed by atoms with van der Waals surface area (Å²) in [5.41, 5.74) is 6.58. The Kier molecular flexibility index (Phi) is 3.38. The number of hydrogen-bond acceptors (Lipinski definition) is 7. The van der Waals surface area contributed by atoms with Gasteiger partial charge in [0.1, 0.15) is 11.4 Å². The first-order valence-electron chi connectivity index (χ1n) is 8.02. The topological polar surface area (TPSA) is 91.3 Å². The lowest BCUT2D eigenvalue weighted by molar-refractivity contribution is -0.160. The lowest BCUT2D eigenvalue weighted by Gasteiger charge is -2.47. The number of nitrogens with two attached hydrogens (primary N) is 1. The standard InChI is InChI=1S/C15H22N6O2/c1-10-7-21(8-15(23-10)4-3-5-22-9-15)14-18-12(16)11-6-17-20(2)13(11)19-14/h6,10H,3-5,7-9H2,1-2H3,(H2,16,18,19)/t10-,15+/m1/s1. The molecule has 2 fully saturated rings. The van der Waals surface area contributed by atoms with E-state index in [-0.39, 0.29) is 11.7 Å². The van der Waals surface area contributed by atoms with Crippen LogP contribution in [0.5, 0.6) is 0 Å². The number of fused-ring (bicyclic) bond motifs is 1. The summed E-state index contributed by atoms with van der Waals surface area (Å²) in [6, 6.07) is 0. The van der Waals surface area contributed by atoms with Crippen LogP contribution >= 0.6 is 0 Å². The Bertz CT molecular complexity index is 724. The highest BCUT2D eigenvalue weighted by atomic mass is 16.6. The van der Waals surface area contributed by atoms with E-state index in [2.05, 4.69) is 26.9 Å². The Morgan fingerprint density at radius 2 is 2.26 bits per heavy atom. The Hall–Kier alpha value is -1.93. The van der Waals surface area contributed by atoms with E-state index >= 15 is 0 Å². The molecule has 8 nitrogen and oxygen atoms in total. The smallest absolute Gasteiger partial charge is 0.229 e. The molecule has 23 heavy (non-hydrogen) atoms. The molecule has 2 aromatic heterocycles. The zero-order valence-electron chi connectivity index (χ0n) is 13.5. The quantitative estimate of drug-likeness (QED) is 0.828. The van der Waals surface area contributed by atoms with Gasteiger partial charge in [0.05, 0.1) is 30.8 Å². The van der Waals surface area contributed by atoms with Gasteiger partial charge in [0, 0.05) is 20.2 Å². The summed E-state index contributed by atoms with van der Waals surface area (Å²) in [6.45, 7) is 4.97. The fraction of sp³-hybridized carbons (Fsp3) is 0.667. The van der Waals surface area contributed by atoms with Gasteiger partial charge in [0.25, 0.3) is 0 Å². The summed E-state index contributed by atoms with van der Waals surface area (Å²) in [5.74, 6) is 1.10. The van der Waals surface area contributed by atoms with Crippen LogP contribution in [0, 0.1) is 0 Å². The van der Waals surface area contributed by atoms with Gasteiger partial charge < -0.3 is 20.1 Å². The van der Waals surface area contributed by atoms with Gasteiger partial charge >= 0.3 is 0 Å². The Morgan fingerprint density at radius 1 is 1.39 bits per heavy atom. The molecule has 0 unspecified atom stereocenters. The third-order valence-electron chi connectivity index (χ3n) is 4.59. The summed E-state index contributed by atoms with van der Waals surface area (Å²) in [4.78, 5) is 11.3. The van der Waals surface area contributed by atoms with Gasteiger partial charge in [-0.25, -0.2) is 0 Å².